The van der Waals surface area contributed by atoms with Gasteiger partial charge in [0.05, 0.1) is 27.5 Å². The number of nitrogens with one attached hydrogen (secondary N) is 1. The summed E-state index contributed by atoms with van der Waals surface area (Å²) < 4.78 is 2.76. The van der Waals surface area contributed by atoms with E-state index < -0.39 is 0 Å². The van der Waals surface area contributed by atoms with E-state index in [-0.39, 0.29) is 11.1 Å². The molecule has 0 saturated heterocycles. The second-order valence-electron chi connectivity index (χ2n) is 6.84. The van der Waals surface area contributed by atoms with Crippen molar-refractivity contribution in [3.05, 3.63) is 79.5 Å². The molecule has 0 aliphatic carbocycles. The smallest absolute Gasteiger partial charge is 0.266 e. The lowest BCUT2D eigenvalue weighted by molar-refractivity contribution is 0.901. The van der Waals surface area contributed by atoms with Crippen LogP contribution >= 0.6 is 35.0 Å². The molecule has 0 fully saturated rings. The maximum Gasteiger partial charge on any atom is 0.266 e. The predicted molar refractivity (Wildman–Crippen MR) is 127 cm³/mol. The number of benzene rings is 1. The van der Waals surface area contributed by atoms with Crippen LogP contribution in [0.2, 0.25) is 10.0 Å². The van der Waals surface area contributed by atoms with Crippen LogP contribution in [0.25, 0.3) is 33.4 Å². The van der Waals surface area contributed by atoms with Crippen molar-refractivity contribution >= 4 is 56.8 Å². The Morgan fingerprint density at radius 1 is 0.906 bits per heavy atom. The van der Waals surface area contributed by atoms with Crippen molar-refractivity contribution in [2.45, 2.75) is 12.1 Å². The number of halogens is 2. The number of pyridine rings is 3. The Labute approximate surface area is 194 Å². The molecule has 0 saturated carbocycles. The van der Waals surface area contributed by atoms with Gasteiger partial charge in [0.1, 0.15) is 0 Å². The van der Waals surface area contributed by atoms with Crippen molar-refractivity contribution in [3.8, 4) is 11.6 Å². The predicted octanol–water partition coefficient (Wildman–Crippen LogP) is 4.23. The van der Waals surface area contributed by atoms with Crippen LogP contribution in [0.5, 0.6) is 0 Å². The monoisotopic (exact) mass is 484 g/mol. The lowest BCUT2D eigenvalue weighted by atomic mass is 10.2. The molecule has 4 aromatic heterocycles. The molecule has 5 aromatic rings. The van der Waals surface area contributed by atoms with E-state index in [2.05, 4.69) is 20.2 Å². The second kappa shape index (κ2) is 8.09. The van der Waals surface area contributed by atoms with Gasteiger partial charge in [-0.3, -0.25) is 18.7 Å². The van der Waals surface area contributed by atoms with Gasteiger partial charge in [0.25, 0.3) is 11.1 Å². The number of thioether (sulfide) groups is 1. The molecule has 0 aliphatic rings. The molecule has 160 valence electrons. The average Bonchev–Trinajstić information content (AvgIpc) is 3.21. The summed E-state index contributed by atoms with van der Waals surface area (Å²) in [4.78, 5) is 35.3. The topological polar surface area (TPSA) is 98.5 Å². The molecule has 32 heavy (non-hydrogen) atoms. The van der Waals surface area contributed by atoms with Crippen molar-refractivity contribution in [1.82, 2.24) is 29.3 Å². The molecule has 0 aliphatic heterocycles. The van der Waals surface area contributed by atoms with Crippen LogP contribution in [0.3, 0.4) is 0 Å². The van der Waals surface area contributed by atoms with Gasteiger partial charge in [0.15, 0.2) is 0 Å². The Morgan fingerprint density at radius 3 is 2.19 bits per heavy atom. The van der Waals surface area contributed by atoms with Gasteiger partial charge in [-0.05, 0) is 42.2 Å². The van der Waals surface area contributed by atoms with Crippen molar-refractivity contribution < 1.29 is 0 Å². The Hall–Kier alpha value is -3.14. The highest BCUT2D eigenvalue weighted by atomic mass is 35.5. The van der Waals surface area contributed by atoms with Crippen LogP contribution in [0.1, 0.15) is 6.92 Å². The maximum atomic E-state index is 13.2. The number of hydrogen-bond acceptors (Lipinski definition) is 6. The molecule has 0 bridgehead atoms. The fourth-order valence-corrected chi connectivity index (χ4v) is 4.45. The summed E-state index contributed by atoms with van der Waals surface area (Å²) in [6, 6.07) is 9.83. The van der Waals surface area contributed by atoms with Gasteiger partial charge in [-0.15, -0.1) is 5.10 Å². The zero-order valence-electron chi connectivity index (χ0n) is 16.5. The van der Waals surface area contributed by atoms with E-state index in [1.165, 1.54) is 20.9 Å². The molecule has 0 atom stereocenters. The van der Waals surface area contributed by atoms with E-state index in [0.29, 0.717) is 48.6 Å². The van der Waals surface area contributed by atoms with Gasteiger partial charge >= 0.3 is 0 Å². The number of H-pyrrole nitrogens is 1. The number of fused-ring (bicyclic) bond motifs is 2. The minimum atomic E-state index is -0.360. The molecular weight excluding hydrogens is 471 g/mol. The average molecular weight is 485 g/mol. The maximum absolute atomic E-state index is 13.2. The molecule has 0 amide bonds. The van der Waals surface area contributed by atoms with Gasteiger partial charge in [-0.1, -0.05) is 41.9 Å². The van der Waals surface area contributed by atoms with Gasteiger partial charge in [0, 0.05) is 22.4 Å². The van der Waals surface area contributed by atoms with Crippen LogP contribution in [-0.4, -0.2) is 35.1 Å². The summed E-state index contributed by atoms with van der Waals surface area (Å²) in [6.07, 6.45) is 3.19. The van der Waals surface area contributed by atoms with Crippen LogP contribution in [0.15, 0.2) is 63.5 Å². The molecule has 0 radical (unpaired) electrons. The number of aromatic amines is 1. The van der Waals surface area contributed by atoms with E-state index in [1.54, 1.807) is 48.8 Å². The zero-order chi connectivity index (χ0) is 22.4. The van der Waals surface area contributed by atoms with Crippen molar-refractivity contribution in [1.29, 1.82) is 0 Å². The highest BCUT2D eigenvalue weighted by Crippen LogP contribution is 2.22. The van der Waals surface area contributed by atoms with Gasteiger partial charge < -0.3 is 0 Å². The Bertz CT molecular complexity index is 1600. The van der Waals surface area contributed by atoms with Gasteiger partial charge in [-0.25, -0.2) is 10.1 Å². The molecule has 4 heterocycles. The molecule has 1 aromatic carbocycles. The van der Waals surface area contributed by atoms with Crippen molar-refractivity contribution in [3.63, 3.8) is 0 Å². The Balaban J connectivity index is 1.71. The van der Waals surface area contributed by atoms with Crippen LogP contribution < -0.4 is 11.1 Å². The van der Waals surface area contributed by atoms with Crippen molar-refractivity contribution in [2.75, 3.05) is 5.75 Å². The first-order chi connectivity index (χ1) is 15.4. The Kier molecular flexibility index (Phi) is 5.24. The third-order valence-corrected chi connectivity index (χ3v) is 5.99. The fraction of sp³-hybridized carbons (Fsp3) is 0.0952. The van der Waals surface area contributed by atoms with Crippen molar-refractivity contribution in [2.24, 2.45) is 0 Å². The van der Waals surface area contributed by atoms with Crippen LogP contribution in [-0.2, 0) is 0 Å². The molecule has 0 spiro atoms. The number of aromatic nitrogens is 6. The number of rotatable bonds is 4. The second-order valence-corrected chi connectivity index (χ2v) is 8.94. The van der Waals surface area contributed by atoms with Gasteiger partial charge in [0.2, 0.25) is 11.1 Å². The minimum Gasteiger partial charge on any atom is -0.284 e. The highest BCUT2D eigenvalue weighted by Gasteiger charge is 2.13. The third-order valence-electron chi connectivity index (χ3n) is 4.82. The van der Waals surface area contributed by atoms with Crippen LogP contribution in [0, 0.1) is 0 Å². The van der Waals surface area contributed by atoms with Gasteiger partial charge in [-0.2, -0.15) is 4.98 Å². The highest BCUT2D eigenvalue weighted by molar-refractivity contribution is 7.99. The molecule has 1 N–H and O–H groups in total. The quantitative estimate of drug-likeness (QED) is 0.302. The Morgan fingerprint density at radius 2 is 1.53 bits per heavy atom. The normalized spacial score (nSPS) is 11.5. The third kappa shape index (κ3) is 3.58. The lowest BCUT2D eigenvalue weighted by Crippen LogP contribution is -2.21. The van der Waals surface area contributed by atoms with E-state index in [0.717, 1.165) is 5.75 Å². The largest absolute Gasteiger partial charge is 0.284 e. The lowest BCUT2D eigenvalue weighted by Gasteiger charge is -2.09. The fourth-order valence-electron chi connectivity index (χ4n) is 3.41. The standard InChI is InChI=1S/C21H14Cl2N6O2S/c1-2-32-21-25-20(26-27-21)29-6-4-17-15(19(29)31)10-14-16(24-17)3-5-28(18(14)30)13-8-11(22)7-12(23)9-13/h3-10H,2H2,1H3,(H,25,26,27). The van der Waals surface area contributed by atoms with E-state index >= 15 is 0 Å². The molecule has 11 heteroatoms. The summed E-state index contributed by atoms with van der Waals surface area (Å²) >= 11 is 13.7. The number of nitrogens with zero attached hydrogens (tertiary/aromatic N) is 5. The molecular formula is C21H14Cl2N6O2S. The zero-order valence-corrected chi connectivity index (χ0v) is 18.9. The molecule has 5 rings (SSSR count). The summed E-state index contributed by atoms with van der Waals surface area (Å²) in [5.74, 6) is 1.11. The van der Waals surface area contributed by atoms with Crippen LogP contribution in [0.4, 0.5) is 0 Å². The first kappa shape index (κ1) is 20.7. The van der Waals surface area contributed by atoms with E-state index in [4.69, 9.17) is 23.2 Å². The molecule has 0 unspecified atom stereocenters. The minimum absolute atomic E-state index is 0.292. The summed E-state index contributed by atoms with van der Waals surface area (Å²) in [7, 11) is 0. The SMILES string of the molecule is CCSc1n[nH]c(-n2ccc3nc4ccn(-c5cc(Cl)cc(Cl)c5)c(=O)c4cc3c2=O)n1. The summed E-state index contributed by atoms with van der Waals surface area (Å²) in [5, 5.41) is 8.83. The first-order valence-corrected chi connectivity index (χ1v) is 11.3. The molecule has 8 nitrogen and oxygen atoms in total. The number of hydrogen-bond donors (Lipinski definition) is 1. The van der Waals surface area contributed by atoms with E-state index in [1.807, 2.05) is 6.92 Å². The van der Waals surface area contributed by atoms with E-state index in [9.17, 15) is 9.59 Å². The summed E-state index contributed by atoms with van der Waals surface area (Å²) in [6.45, 7) is 1.99. The first-order valence-electron chi connectivity index (χ1n) is 9.54. The summed E-state index contributed by atoms with van der Waals surface area (Å²) in [5.41, 5.74) is 0.769.